The number of piperidine rings is 1. The minimum Gasteiger partial charge on any atom is -0.492 e. The van der Waals surface area contributed by atoms with E-state index in [2.05, 4.69) is 40.3 Å². The highest BCUT2D eigenvalue weighted by Crippen LogP contribution is 2.20. The molecule has 0 radical (unpaired) electrons. The average Bonchev–Trinajstić information content (AvgIpc) is 2.76. The zero-order valence-corrected chi connectivity index (χ0v) is 18.4. The van der Waals surface area contributed by atoms with E-state index in [1.807, 2.05) is 55.6 Å². The van der Waals surface area contributed by atoms with E-state index >= 15 is 0 Å². The standard InChI is InChI=1S/C24H34N4O2/c1-25-24(26-19-20-9-7-8-12-23(20)29-18-17-27(2)3)28-15-13-22(14-16-28)30-21-10-5-4-6-11-21/h4-12,22H,13-19H2,1-3H3,(H,25,26). The smallest absolute Gasteiger partial charge is 0.193 e. The Balaban J connectivity index is 1.49. The van der Waals surface area contributed by atoms with Crippen molar-refractivity contribution in [3.63, 3.8) is 0 Å². The van der Waals surface area contributed by atoms with E-state index in [-0.39, 0.29) is 6.10 Å². The number of para-hydroxylation sites is 2. The predicted octanol–water partition coefficient (Wildman–Crippen LogP) is 3.25. The summed E-state index contributed by atoms with van der Waals surface area (Å²) in [5.74, 6) is 2.80. The lowest BCUT2D eigenvalue weighted by atomic mass is 10.1. The third-order valence-corrected chi connectivity index (χ3v) is 5.20. The maximum Gasteiger partial charge on any atom is 0.193 e. The number of aliphatic imine (C=N–C) groups is 1. The molecule has 0 aromatic heterocycles. The first-order valence-electron chi connectivity index (χ1n) is 10.7. The molecule has 162 valence electrons. The van der Waals surface area contributed by atoms with Gasteiger partial charge < -0.3 is 24.6 Å². The van der Waals surface area contributed by atoms with Gasteiger partial charge in [-0.05, 0) is 32.3 Å². The molecule has 1 aliphatic heterocycles. The van der Waals surface area contributed by atoms with Crippen molar-refractivity contribution in [3.8, 4) is 11.5 Å². The Morgan fingerprint density at radius 1 is 1.07 bits per heavy atom. The summed E-state index contributed by atoms with van der Waals surface area (Å²) in [5, 5.41) is 3.50. The van der Waals surface area contributed by atoms with E-state index in [1.165, 1.54) is 0 Å². The Hall–Kier alpha value is -2.73. The van der Waals surface area contributed by atoms with Crippen molar-refractivity contribution < 1.29 is 9.47 Å². The van der Waals surface area contributed by atoms with Gasteiger partial charge in [0.2, 0.25) is 0 Å². The highest BCUT2D eigenvalue weighted by Gasteiger charge is 2.22. The van der Waals surface area contributed by atoms with Gasteiger partial charge in [-0.15, -0.1) is 0 Å². The third kappa shape index (κ3) is 6.66. The highest BCUT2D eigenvalue weighted by molar-refractivity contribution is 5.80. The molecule has 6 nitrogen and oxygen atoms in total. The number of nitrogens with one attached hydrogen (secondary N) is 1. The molecular weight excluding hydrogens is 376 g/mol. The maximum absolute atomic E-state index is 6.11. The van der Waals surface area contributed by atoms with Crippen molar-refractivity contribution >= 4 is 5.96 Å². The maximum atomic E-state index is 6.11. The molecular formula is C24H34N4O2. The number of guanidine groups is 1. The van der Waals surface area contributed by atoms with Crippen LogP contribution in [0.25, 0.3) is 0 Å². The van der Waals surface area contributed by atoms with Crippen LogP contribution in [0.15, 0.2) is 59.6 Å². The fourth-order valence-corrected chi connectivity index (χ4v) is 3.51. The summed E-state index contributed by atoms with van der Waals surface area (Å²) in [6.45, 7) is 4.11. The molecule has 1 aliphatic rings. The quantitative estimate of drug-likeness (QED) is 0.535. The highest BCUT2D eigenvalue weighted by atomic mass is 16.5. The van der Waals surface area contributed by atoms with Gasteiger partial charge in [-0.3, -0.25) is 4.99 Å². The van der Waals surface area contributed by atoms with Crippen LogP contribution in [0.2, 0.25) is 0 Å². The molecule has 30 heavy (non-hydrogen) atoms. The van der Waals surface area contributed by atoms with E-state index in [1.54, 1.807) is 0 Å². The van der Waals surface area contributed by atoms with Gasteiger partial charge in [0, 0.05) is 51.6 Å². The molecule has 6 heteroatoms. The molecule has 2 aromatic rings. The number of likely N-dealkylation sites (N-methyl/N-ethyl adjacent to an activating group) is 1. The number of benzene rings is 2. The number of nitrogens with zero attached hydrogens (tertiary/aromatic N) is 3. The van der Waals surface area contributed by atoms with Gasteiger partial charge in [0.15, 0.2) is 5.96 Å². The van der Waals surface area contributed by atoms with Crippen LogP contribution in [0, 0.1) is 0 Å². The second-order valence-electron chi connectivity index (χ2n) is 7.78. The van der Waals surface area contributed by atoms with Crippen LogP contribution in [-0.2, 0) is 6.54 Å². The molecule has 0 spiro atoms. The Bertz CT molecular complexity index is 787. The summed E-state index contributed by atoms with van der Waals surface area (Å²) < 4.78 is 12.1. The van der Waals surface area contributed by atoms with Gasteiger partial charge in [-0.1, -0.05) is 36.4 Å². The number of hydrogen-bond donors (Lipinski definition) is 1. The normalized spacial score (nSPS) is 15.3. The van der Waals surface area contributed by atoms with Gasteiger partial charge in [-0.2, -0.15) is 0 Å². The zero-order valence-electron chi connectivity index (χ0n) is 18.4. The lowest BCUT2D eigenvalue weighted by Gasteiger charge is -2.34. The second kappa shape index (κ2) is 11.5. The first kappa shape index (κ1) is 22.0. The topological polar surface area (TPSA) is 49.3 Å². The van der Waals surface area contributed by atoms with E-state index < -0.39 is 0 Å². The molecule has 1 N–H and O–H groups in total. The van der Waals surface area contributed by atoms with Crippen molar-refractivity contribution in [1.82, 2.24) is 15.1 Å². The van der Waals surface area contributed by atoms with Crippen molar-refractivity contribution in [2.24, 2.45) is 4.99 Å². The third-order valence-electron chi connectivity index (χ3n) is 5.20. The van der Waals surface area contributed by atoms with Gasteiger partial charge in [-0.25, -0.2) is 0 Å². The van der Waals surface area contributed by atoms with Crippen molar-refractivity contribution in [2.75, 3.05) is 47.4 Å². The van der Waals surface area contributed by atoms with Gasteiger partial charge in [0.1, 0.15) is 24.2 Å². The molecule has 0 aliphatic carbocycles. The molecule has 2 aromatic carbocycles. The first-order valence-corrected chi connectivity index (χ1v) is 10.7. The van der Waals surface area contributed by atoms with E-state index in [4.69, 9.17) is 9.47 Å². The van der Waals surface area contributed by atoms with Crippen LogP contribution in [0.1, 0.15) is 18.4 Å². The lowest BCUT2D eigenvalue weighted by molar-refractivity contribution is 0.129. The summed E-state index contributed by atoms with van der Waals surface area (Å²) in [5.41, 5.74) is 1.14. The summed E-state index contributed by atoms with van der Waals surface area (Å²) in [6, 6.07) is 18.3. The number of ether oxygens (including phenoxy) is 2. The largest absolute Gasteiger partial charge is 0.492 e. The summed E-state index contributed by atoms with van der Waals surface area (Å²) in [4.78, 5) is 8.92. The molecule has 3 rings (SSSR count). The summed E-state index contributed by atoms with van der Waals surface area (Å²) >= 11 is 0. The van der Waals surface area contributed by atoms with Crippen LogP contribution >= 0.6 is 0 Å². The van der Waals surface area contributed by atoms with E-state index in [0.717, 1.165) is 55.5 Å². The molecule has 0 unspecified atom stereocenters. The van der Waals surface area contributed by atoms with Gasteiger partial charge >= 0.3 is 0 Å². The van der Waals surface area contributed by atoms with Crippen LogP contribution in [-0.4, -0.2) is 69.2 Å². The number of rotatable bonds is 8. The van der Waals surface area contributed by atoms with Crippen molar-refractivity contribution in [1.29, 1.82) is 0 Å². The summed E-state index contributed by atoms with van der Waals surface area (Å²) in [6.07, 6.45) is 2.23. The predicted molar refractivity (Wildman–Crippen MR) is 122 cm³/mol. The number of likely N-dealkylation sites (tertiary alicyclic amines) is 1. The van der Waals surface area contributed by atoms with Crippen molar-refractivity contribution in [3.05, 3.63) is 60.2 Å². The van der Waals surface area contributed by atoms with Crippen LogP contribution in [0.4, 0.5) is 0 Å². The monoisotopic (exact) mass is 410 g/mol. The van der Waals surface area contributed by atoms with Crippen LogP contribution in [0.5, 0.6) is 11.5 Å². The second-order valence-corrected chi connectivity index (χ2v) is 7.78. The lowest BCUT2D eigenvalue weighted by Crippen LogP contribution is -2.47. The van der Waals surface area contributed by atoms with Crippen molar-refractivity contribution in [2.45, 2.75) is 25.5 Å². The zero-order chi connectivity index (χ0) is 21.2. The Morgan fingerprint density at radius 2 is 1.77 bits per heavy atom. The fraction of sp³-hybridized carbons (Fsp3) is 0.458. The minimum absolute atomic E-state index is 0.257. The van der Waals surface area contributed by atoms with Crippen LogP contribution in [0.3, 0.4) is 0 Å². The number of hydrogen-bond acceptors (Lipinski definition) is 4. The fourth-order valence-electron chi connectivity index (χ4n) is 3.51. The Labute approximate surface area is 180 Å². The van der Waals surface area contributed by atoms with Crippen LogP contribution < -0.4 is 14.8 Å². The molecule has 1 saturated heterocycles. The average molecular weight is 411 g/mol. The van der Waals surface area contributed by atoms with Gasteiger partial charge in [0.05, 0.1) is 0 Å². The molecule has 0 atom stereocenters. The Morgan fingerprint density at radius 3 is 2.47 bits per heavy atom. The van der Waals surface area contributed by atoms with Gasteiger partial charge in [0.25, 0.3) is 0 Å². The summed E-state index contributed by atoms with van der Waals surface area (Å²) in [7, 11) is 5.94. The molecule has 1 fully saturated rings. The molecule has 0 bridgehead atoms. The first-order chi connectivity index (χ1) is 14.7. The molecule has 0 saturated carbocycles. The van der Waals surface area contributed by atoms with E-state index in [9.17, 15) is 0 Å². The molecule has 1 heterocycles. The minimum atomic E-state index is 0.257. The Kier molecular flexibility index (Phi) is 8.39. The molecule has 0 amide bonds. The van der Waals surface area contributed by atoms with E-state index in [0.29, 0.717) is 13.2 Å². The SMILES string of the molecule is CN=C(NCc1ccccc1OCCN(C)C)N1CCC(Oc2ccccc2)CC1.